The number of Topliss-reactive ketones (excluding diaryl/α,β-unsaturated/α-hetero) is 1. The topological polar surface area (TPSA) is 228 Å². The molecule has 0 radical (unpaired) electrons. The normalized spacial score (nSPS) is 17.4. The highest BCUT2D eigenvalue weighted by Gasteiger charge is 2.39. The van der Waals surface area contributed by atoms with E-state index >= 15 is 0 Å². The van der Waals surface area contributed by atoms with Crippen LogP contribution in [-0.4, -0.2) is 90.2 Å². The molecule has 2 heterocycles. The molecular formula is C24H31N7O8. The lowest BCUT2D eigenvalue weighted by Gasteiger charge is -2.26. The highest BCUT2D eigenvalue weighted by atomic mass is 16.4. The van der Waals surface area contributed by atoms with Gasteiger partial charge in [-0.15, -0.1) is 10.2 Å². The van der Waals surface area contributed by atoms with Gasteiger partial charge in [-0.05, 0) is 17.5 Å². The quantitative estimate of drug-likeness (QED) is 0.166. The second-order valence-corrected chi connectivity index (χ2v) is 9.27. The summed E-state index contributed by atoms with van der Waals surface area (Å²) in [5.41, 5.74) is 1.29. The lowest BCUT2D eigenvalue weighted by atomic mass is 9.85. The number of carboxylic acid groups (broad SMARTS) is 1. The minimum Gasteiger partial charge on any atom is -0.479 e. The van der Waals surface area contributed by atoms with Gasteiger partial charge in [0, 0.05) is 24.4 Å². The van der Waals surface area contributed by atoms with Crippen LogP contribution in [0.2, 0.25) is 0 Å². The number of aromatic amines is 1. The zero-order chi connectivity index (χ0) is 28.7. The number of amides is 3. The Morgan fingerprint density at radius 3 is 2.49 bits per heavy atom. The van der Waals surface area contributed by atoms with Crippen molar-refractivity contribution in [3.8, 4) is 0 Å². The first kappa shape index (κ1) is 29.3. The van der Waals surface area contributed by atoms with Crippen LogP contribution in [0, 0.1) is 11.8 Å². The number of aromatic nitrogens is 4. The number of aliphatic hydroxyl groups is 2. The van der Waals surface area contributed by atoms with Crippen molar-refractivity contribution in [3.05, 3.63) is 35.7 Å². The molecule has 6 N–H and O–H groups in total. The summed E-state index contributed by atoms with van der Waals surface area (Å²) >= 11 is 0. The number of carbonyl (C=O) groups is 5. The van der Waals surface area contributed by atoms with Crippen molar-refractivity contribution in [3.63, 3.8) is 0 Å². The minimum absolute atomic E-state index is 0.00597. The van der Waals surface area contributed by atoms with Gasteiger partial charge in [0.05, 0.1) is 13.1 Å². The Hall–Kier alpha value is -4.24. The van der Waals surface area contributed by atoms with E-state index in [-0.39, 0.29) is 24.7 Å². The van der Waals surface area contributed by atoms with Crippen LogP contribution in [-0.2, 0) is 36.9 Å². The number of aliphatic hydroxyl groups excluding tert-OH is 2. The molecule has 15 nitrogen and oxygen atoms in total. The average molecular weight is 546 g/mol. The van der Waals surface area contributed by atoms with Crippen molar-refractivity contribution >= 4 is 35.2 Å². The number of nitrogens with one attached hydrogen (secondary N) is 3. The number of carboxylic acids is 1. The minimum atomic E-state index is -2.32. The second-order valence-electron chi connectivity index (χ2n) is 9.27. The van der Waals surface area contributed by atoms with E-state index in [0.29, 0.717) is 12.1 Å². The number of hydrogen-bond acceptors (Lipinski definition) is 10. The lowest BCUT2D eigenvalue weighted by Crippen LogP contribution is -2.51. The van der Waals surface area contributed by atoms with Gasteiger partial charge in [0.25, 0.3) is 0 Å². The number of tetrazole rings is 1. The van der Waals surface area contributed by atoms with Crippen LogP contribution in [0.1, 0.15) is 38.1 Å². The maximum atomic E-state index is 13.3. The standard InChI is InChI=1S/C24H31N7O8/c1-3-12(2)14(9-17(32)20(34)21(35)24(38)39)22(36)26-11-19(33)31-15-7-5-4-6-13(15)8-16(31)23(37)25-10-18-27-29-30-28-18/h4-7,12,14,16,20-21,34-35H,3,8-11H2,1-2H3,(H,25,37)(H,26,36)(H,38,39)(H,27,28,29,30)/t12-,14-,16-,20-,21+/m0/s1. The van der Waals surface area contributed by atoms with E-state index in [4.69, 9.17) is 5.11 Å². The predicted molar refractivity (Wildman–Crippen MR) is 133 cm³/mol. The van der Waals surface area contributed by atoms with Crippen LogP contribution in [0.15, 0.2) is 24.3 Å². The van der Waals surface area contributed by atoms with Crippen molar-refractivity contribution < 1.29 is 39.3 Å². The third-order valence-electron chi connectivity index (χ3n) is 6.74. The van der Waals surface area contributed by atoms with Gasteiger partial charge in [-0.25, -0.2) is 4.79 Å². The van der Waals surface area contributed by atoms with Crippen molar-refractivity contribution in [1.29, 1.82) is 0 Å². The summed E-state index contributed by atoms with van der Waals surface area (Å²) in [7, 11) is 0. The molecule has 0 unspecified atom stereocenters. The molecule has 39 heavy (non-hydrogen) atoms. The van der Waals surface area contributed by atoms with E-state index in [1.165, 1.54) is 4.90 Å². The van der Waals surface area contributed by atoms with Crippen molar-refractivity contribution in [2.24, 2.45) is 11.8 Å². The predicted octanol–water partition coefficient (Wildman–Crippen LogP) is -1.68. The van der Waals surface area contributed by atoms with Gasteiger partial charge in [-0.1, -0.05) is 43.7 Å². The molecule has 0 aliphatic carbocycles. The molecule has 0 spiro atoms. The summed E-state index contributed by atoms with van der Waals surface area (Å²) in [6.07, 6.45) is -4.33. The van der Waals surface area contributed by atoms with E-state index in [0.717, 1.165) is 5.56 Å². The highest BCUT2D eigenvalue weighted by molar-refractivity contribution is 6.05. The molecular weight excluding hydrogens is 514 g/mol. The molecule has 3 rings (SSSR count). The number of fused-ring (bicyclic) bond motifs is 1. The molecule has 1 aromatic carbocycles. The largest absolute Gasteiger partial charge is 0.479 e. The van der Waals surface area contributed by atoms with Crippen LogP contribution in [0.3, 0.4) is 0 Å². The lowest BCUT2D eigenvalue weighted by molar-refractivity contribution is -0.158. The number of nitrogens with zero attached hydrogens (tertiary/aromatic N) is 4. The Kier molecular flexibility index (Phi) is 9.78. The molecule has 3 amide bonds. The highest BCUT2D eigenvalue weighted by Crippen LogP contribution is 2.32. The summed E-state index contributed by atoms with van der Waals surface area (Å²) in [6.45, 7) is 2.99. The number of aliphatic carboxylic acids is 1. The van der Waals surface area contributed by atoms with Crippen molar-refractivity contribution in [1.82, 2.24) is 31.3 Å². The number of para-hydroxylation sites is 1. The summed E-state index contributed by atoms with van der Waals surface area (Å²) in [6, 6.07) is 6.10. The summed E-state index contributed by atoms with van der Waals surface area (Å²) < 4.78 is 0. The first-order valence-corrected chi connectivity index (χ1v) is 12.3. The first-order chi connectivity index (χ1) is 18.5. The van der Waals surface area contributed by atoms with Gasteiger partial charge < -0.3 is 26.0 Å². The Morgan fingerprint density at radius 2 is 1.85 bits per heavy atom. The molecule has 1 aromatic heterocycles. The monoisotopic (exact) mass is 545 g/mol. The average Bonchev–Trinajstić information content (AvgIpc) is 3.59. The Morgan fingerprint density at radius 1 is 1.13 bits per heavy atom. The molecule has 15 heteroatoms. The first-order valence-electron chi connectivity index (χ1n) is 12.3. The van der Waals surface area contributed by atoms with Gasteiger partial charge in [0.2, 0.25) is 17.7 Å². The Bertz CT molecular complexity index is 1200. The van der Waals surface area contributed by atoms with Crippen LogP contribution < -0.4 is 15.5 Å². The molecule has 210 valence electrons. The number of benzene rings is 1. The van der Waals surface area contributed by atoms with E-state index in [2.05, 4.69) is 31.3 Å². The van der Waals surface area contributed by atoms with Gasteiger partial charge >= 0.3 is 5.97 Å². The van der Waals surface area contributed by atoms with Gasteiger partial charge in [0.15, 0.2) is 17.7 Å². The molecule has 1 aliphatic heterocycles. The maximum absolute atomic E-state index is 13.3. The fourth-order valence-corrected chi connectivity index (χ4v) is 4.31. The molecule has 0 saturated heterocycles. The van der Waals surface area contributed by atoms with Gasteiger partial charge in [-0.2, -0.15) is 5.21 Å². The zero-order valence-corrected chi connectivity index (χ0v) is 21.4. The molecule has 2 aromatic rings. The number of hydrogen-bond donors (Lipinski definition) is 6. The summed E-state index contributed by atoms with van der Waals surface area (Å²) in [5.74, 6) is -5.56. The number of rotatable bonds is 13. The van der Waals surface area contributed by atoms with Crippen LogP contribution >= 0.6 is 0 Å². The fourth-order valence-electron chi connectivity index (χ4n) is 4.31. The number of anilines is 1. The van der Waals surface area contributed by atoms with Crippen molar-refractivity contribution in [2.75, 3.05) is 11.4 Å². The fraction of sp³-hybridized carbons (Fsp3) is 0.500. The molecule has 0 fully saturated rings. The second kappa shape index (κ2) is 13.0. The van der Waals surface area contributed by atoms with E-state index in [9.17, 15) is 34.2 Å². The third-order valence-corrected chi connectivity index (χ3v) is 6.74. The SMILES string of the molecule is CC[C@H](C)[C@H](CC(=O)[C@H](O)[C@@H](O)C(=O)O)C(=O)NCC(=O)N1c2ccccc2C[C@H]1C(=O)NCc1nn[nH]n1. The molecule has 0 bridgehead atoms. The molecule has 0 saturated carbocycles. The smallest absolute Gasteiger partial charge is 0.335 e. The molecule has 5 atom stereocenters. The number of carbonyl (C=O) groups excluding carboxylic acids is 4. The Labute approximate surface area is 223 Å². The number of H-pyrrole nitrogens is 1. The van der Waals surface area contributed by atoms with Gasteiger partial charge in [-0.3, -0.25) is 24.1 Å². The van der Waals surface area contributed by atoms with Crippen molar-refractivity contribution in [2.45, 2.75) is 57.9 Å². The van der Waals surface area contributed by atoms with E-state index < -0.39 is 66.6 Å². The molecule has 1 aliphatic rings. The maximum Gasteiger partial charge on any atom is 0.335 e. The zero-order valence-electron chi connectivity index (χ0n) is 21.4. The van der Waals surface area contributed by atoms with E-state index in [1.54, 1.807) is 38.1 Å². The van der Waals surface area contributed by atoms with Crippen LogP contribution in [0.25, 0.3) is 0 Å². The Balaban J connectivity index is 1.69. The third kappa shape index (κ3) is 7.00. The summed E-state index contributed by atoms with van der Waals surface area (Å²) in [4.78, 5) is 63.9. The van der Waals surface area contributed by atoms with E-state index in [1.807, 2.05) is 0 Å². The van der Waals surface area contributed by atoms with Gasteiger partial charge in [0.1, 0.15) is 12.1 Å². The summed E-state index contributed by atoms with van der Waals surface area (Å²) in [5, 5.41) is 46.6. The van der Waals surface area contributed by atoms with Crippen LogP contribution in [0.5, 0.6) is 0 Å². The number of ketones is 1. The van der Waals surface area contributed by atoms with Crippen LogP contribution in [0.4, 0.5) is 5.69 Å².